The Balaban J connectivity index is -0.000000728. The fourth-order valence-corrected chi connectivity index (χ4v) is 6.19. The van der Waals surface area contributed by atoms with Gasteiger partial charge < -0.3 is 35.4 Å². The van der Waals surface area contributed by atoms with E-state index in [1.807, 2.05) is 75.2 Å². The van der Waals surface area contributed by atoms with Crippen LogP contribution in [0.1, 0.15) is 101 Å². The lowest BCUT2D eigenvalue weighted by Crippen LogP contribution is -2.48. The van der Waals surface area contributed by atoms with Crippen molar-refractivity contribution in [1.29, 1.82) is 0 Å². The SMILES string of the molecule is C=O.CC.CC(=O)N(CC(=O)N1CCC[C@H]1C(N)=O)Cc1ccccc1.CC1CC1.CCCCC/C=C\[C@@H]1C[C@@H]1C(=O)NC.COC.O=c1[nH]c2ccccc2s1.[HH].[HH]. The molecule has 0 unspecified atom stereocenters. The summed E-state index contributed by atoms with van der Waals surface area (Å²) in [5, 5.41) is 2.69. The number of carbonyl (C=O) groups excluding carboxylic acids is 5. The molecule has 57 heavy (non-hydrogen) atoms. The Kier molecular flexibility index (Phi) is 28.9. The summed E-state index contributed by atoms with van der Waals surface area (Å²) < 4.78 is 5.27. The average Bonchev–Trinajstić information content (AvgIpc) is 4.08. The molecule has 2 saturated carbocycles. The van der Waals surface area contributed by atoms with Crippen molar-refractivity contribution >= 4 is 52.0 Å². The Hall–Kier alpha value is -4.62. The Bertz CT molecular complexity index is 1620. The first kappa shape index (κ1) is 52.4. The number of para-hydroxylation sites is 1. The van der Waals surface area contributed by atoms with Crippen LogP contribution in [-0.4, -0.2) is 85.6 Å². The van der Waals surface area contributed by atoms with Crippen LogP contribution in [0, 0.1) is 17.8 Å². The number of unbranched alkanes of at least 4 members (excludes halogenated alkanes) is 3. The maximum Gasteiger partial charge on any atom is 0.305 e. The van der Waals surface area contributed by atoms with Gasteiger partial charge in [-0.1, -0.05) is 119 Å². The Morgan fingerprint density at radius 3 is 2.16 bits per heavy atom. The summed E-state index contributed by atoms with van der Waals surface area (Å²) in [7, 11) is 4.96. The molecule has 3 aromatic rings. The topological polar surface area (TPSA) is 172 Å². The second-order valence-corrected chi connectivity index (χ2v) is 14.7. The van der Waals surface area contributed by atoms with Gasteiger partial charge in [0.05, 0.1) is 10.2 Å². The molecule has 1 aromatic heterocycles. The number of nitrogens with one attached hydrogen (secondary N) is 2. The van der Waals surface area contributed by atoms with Gasteiger partial charge in [-0.05, 0) is 61.6 Å². The summed E-state index contributed by atoms with van der Waals surface area (Å²) in [6, 6.07) is 16.6. The van der Waals surface area contributed by atoms with Crippen molar-refractivity contribution in [3.8, 4) is 0 Å². The summed E-state index contributed by atoms with van der Waals surface area (Å²) in [5.74, 6) is 1.19. The van der Waals surface area contributed by atoms with E-state index in [2.05, 4.69) is 41.0 Å². The van der Waals surface area contributed by atoms with Crippen LogP contribution in [0.25, 0.3) is 10.2 Å². The summed E-state index contributed by atoms with van der Waals surface area (Å²) in [4.78, 5) is 71.2. The zero-order valence-electron chi connectivity index (χ0n) is 35.6. The van der Waals surface area contributed by atoms with Crippen LogP contribution in [0.4, 0.5) is 0 Å². The van der Waals surface area contributed by atoms with Gasteiger partial charge in [-0.25, -0.2) is 0 Å². The molecule has 3 aliphatic rings. The van der Waals surface area contributed by atoms with Crippen LogP contribution in [0.3, 0.4) is 0 Å². The molecule has 0 spiro atoms. The minimum atomic E-state index is -0.543. The molecular weight excluding hydrogens is 743 g/mol. The number of aromatic amines is 1. The molecule has 4 N–H and O–H groups in total. The van der Waals surface area contributed by atoms with Gasteiger partial charge >= 0.3 is 4.87 Å². The van der Waals surface area contributed by atoms with Gasteiger partial charge in [-0.15, -0.1) is 0 Å². The van der Waals surface area contributed by atoms with E-state index in [-0.39, 0.29) is 37.9 Å². The largest absolute Gasteiger partial charge is 0.388 e. The van der Waals surface area contributed by atoms with Crippen LogP contribution < -0.4 is 15.9 Å². The molecular formula is C44H73N5O7S. The normalized spacial score (nSPS) is 17.1. The lowest BCUT2D eigenvalue weighted by atomic mass is 10.2. The van der Waals surface area contributed by atoms with E-state index in [1.165, 1.54) is 66.6 Å². The van der Waals surface area contributed by atoms with E-state index in [4.69, 9.17) is 10.5 Å². The number of nitrogens with two attached hydrogens (primary N) is 1. The first-order valence-corrected chi connectivity index (χ1v) is 20.8. The van der Waals surface area contributed by atoms with Crippen molar-refractivity contribution in [2.24, 2.45) is 23.5 Å². The number of amides is 4. The lowest BCUT2D eigenvalue weighted by Gasteiger charge is -2.27. The number of rotatable bonds is 11. The Morgan fingerprint density at radius 1 is 1.04 bits per heavy atom. The smallest absolute Gasteiger partial charge is 0.305 e. The molecule has 322 valence electrons. The molecule has 3 fully saturated rings. The predicted molar refractivity (Wildman–Crippen MR) is 237 cm³/mol. The number of allylic oxidation sites excluding steroid dienone is 2. The van der Waals surface area contributed by atoms with E-state index in [1.54, 1.807) is 21.3 Å². The number of nitrogens with zero attached hydrogens (tertiary/aromatic N) is 2. The molecule has 13 heteroatoms. The monoisotopic (exact) mass is 816 g/mol. The van der Waals surface area contributed by atoms with Gasteiger partial charge in [-0.3, -0.25) is 24.0 Å². The third kappa shape index (κ3) is 22.6. The van der Waals surface area contributed by atoms with Crippen LogP contribution in [0.2, 0.25) is 0 Å². The van der Waals surface area contributed by atoms with Crippen molar-refractivity contribution in [2.45, 2.75) is 105 Å². The number of H-pyrrole nitrogens is 1. The Morgan fingerprint density at radius 2 is 1.63 bits per heavy atom. The molecule has 4 amide bonds. The van der Waals surface area contributed by atoms with Crippen molar-refractivity contribution < 1.29 is 31.6 Å². The van der Waals surface area contributed by atoms with Gasteiger partial charge in [0.15, 0.2) is 0 Å². The van der Waals surface area contributed by atoms with E-state index in [0.717, 1.165) is 34.5 Å². The fraction of sp³-hybridized carbons (Fsp3) is 0.545. The van der Waals surface area contributed by atoms with E-state index in [0.29, 0.717) is 25.4 Å². The molecule has 2 aromatic carbocycles. The molecule has 0 radical (unpaired) electrons. The van der Waals surface area contributed by atoms with Crippen molar-refractivity contribution in [1.82, 2.24) is 20.1 Å². The van der Waals surface area contributed by atoms with E-state index >= 15 is 0 Å². The quantitative estimate of drug-likeness (QED) is 0.132. The van der Waals surface area contributed by atoms with E-state index < -0.39 is 11.9 Å². The maximum atomic E-state index is 12.4. The van der Waals surface area contributed by atoms with Crippen LogP contribution in [-0.2, 0) is 35.3 Å². The maximum absolute atomic E-state index is 12.4. The van der Waals surface area contributed by atoms with E-state index in [9.17, 15) is 24.0 Å². The molecule has 1 aliphatic heterocycles. The van der Waals surface area contributed by atoms with Crippen LogP contribution >= 0.6 is 11.3 Å². The zero-order chi connectivity index (χ0) is 43.2. The third-order valence-electron chi connectivity index (χ3n) is 8.86. The number of fused-ring (bicyclic) bond motifs is 1. The number of aromatic nitrogens is 1. The second kappa shape index (κ2) is 31.5. The first-order valence-electron chi connectivity index (χ1n) is 20.0. The molecule has 3 atom stereocenters. The first-order chi connectivity index (χ1) is 27.4. The molecule has 0 bridgehead atoms. The number of primary amides is 1. The number of thiazole rings is 1. The highest BCUT2D eigenvalue weighted by molar-refractivity contribution is 7.16. The summed E-state index contributed by atoms with van der Waals surface area (Å²) >= 11 is 1.24. The lowest BCUT2D eigenvalue weighted by molar-refractivity contribution is -0.142. The highest BCUT2D eigenvalue weighted by Crippen LogP contribution is 2.39. The molecule has 2 heterocycles. The number of benzene rings is 2. The highest BCUT2D eigenvalue weighted by atomic mass is 32.1. The van der Waals surface area contributed by atoms with Crippen molar-refractivity contribution in [3.05, 3.63) is 82.0 Å². The molecule has 1 saturated heterocycles. The van der Waals surface area contributed by atoms with Gasteiger partial charge in [-0.2, -0.15) is 0 Å². The number of methoxy groups -OCH3 is 1. The summed E-state index contributed by atoms with van der Waals surface area (Å²) in [6.07, 6.45) is 14.9. The average molecular weight is 816 g/mol. The standard InChI is InChI=1S/C16H21N3O3.C12H21NO.C7H5NOS.C4H8.C2H6O.C2H6.CH2O.2H2/c1-12(20)18(10-13-6-3-2-4-7-13)11-15(21)19-9-5-8-14(19)16(17)22;1-3-4-5-6-7-8-10-9-11(10)12(14)13-2;9-7-8-5-3-1-2-4-6(5)10-7;1-4-2-3-4;1-3-2;2*1-2;;/h2-4,6-7,14H,5,8-11H2,1H3,(H2,17,22);7-8,10-11H,3-6,9H2,1-2H3,(H,13,14);1-4H,(H,8,9);4H,2-3H2,1H3;1-2H3;1-2H3;1H2;2*1H/b;8-7-;;;;;;;/t14-;10-,11+;;;;;;;/m01......./s1. The third-order valence-corrected chi connectivity index (χ3v) is 9.73. The second-order valence-electron chi connectivity index (χ2n) is 13.7. The minimum absolute atomic E-state index is 0. The molecule has 6 rings (SSSR count). The van der Waals surface area contributed by atoms with Crippen LogP contribution in [0.5, 0.6) is 0 Å². The fourth-order valence-electron chi connectivity index (χ4n) is 5.46. The number of carbonyl (C=O) groups is 5. The van der Waals surface area contributed by atoms with Crippen LogP contribution in [0.15, 0.2) is 71.5 Å². The van der Waals surface area contributed by atoms with Crippen molar-refractivity contribution in [3.63, 3.8) is 0 Å². The van der Waals surface area contributed by atoms with Crippen molar-refractivity contribution in [2.75, 3.05) is 34.4 Å². The van der Waals surface area contributed by atoms with Gasteiger partial charge in [0, 0.05) is 50.1 Å². The Labute approximate surface area is 347 Å². The minimum Gasteiger partial charge on any atom is -0.388 e. The number of likely N-dealkylation sites (tertiary alicyclic amines) is 1. The zero-order valence-corrected chi connectivity index (χ0v) is 36.4. The summed E-state index contributed by atoms with van der Waals surface area (Å²) in [6.45, 7) is 12.8. The highest BCUT2D eigenvalue weighted by Gasteiger charge is 2.40. The number of hydrogen-bond acceptors (Lipinski definition) is 8. The predicted octanol–water partition coefficient (Wildman–Crippen LogP) is 7.62. The molecule has 2 aliphatic carbocycles. The summed E-state index contributed by atoms with van der Waals surface area (Å²) in [5.41, 5.74) is 7.21. The van der Waals surface area contributed by atoms with Gasteiger partial charge in [0.2, 0.25) is 23.6 Å². The van der Waals surface area contributed by atoms with Gasteiger partial charge in [0.1, 0.15) is 19.4 Å². The van der Waals surface area contributed by atoms with Gasteiger partial charge in [0.25, 0.3) is 0 Å². The molecule has 12 nitrogen and oxygen atoms in total. The number of ether oxygens (including phenoxy) is 1. The number of hydrogen-bond donors (Lipinski definition) is 3.